The quantitative estimate of drug-likeness (QED) is 0.215. The van der Waals surface area contributed by atoms with Gasteiger partial charge in [0.25, 0.3) is 0 Å². The predicted molar refractivity (Wildman–Crippen MR) is 143 cm³/mol. The van der Waals surface area contributed by atoms with Crippen molar-refractivity contribution in [3.63, 3.8) is 0 Å². The van der Waals surface area contributed by atoms with Crippen molar-refractivity contribution in [1.29, 1.82) is 4.78 Å². The number of nitrogens with zero attached hydrogens (tertiary/aromatic N) is 2. The summed E-state index contributed by atoms with van der Waals surface area (Å²) in [4.78, 5) is 9.64. The maximum absolute atomic E-state index is 11.5. The largest absolute Gasteiger partial charge is 0.496 e. The second-order valence-corrected chi connectivity index (χ2v) is 8.83. The first-order chi connectivity index (χ1) is 17.6. The van der Waals surface area contributed by atoms with E-state index in [1.165, 1.54) is 0 Å². The molecule has 186 valence electrons. The minimum Gasteiger partial charge on any atom is -0.496 e. The van der Waals surface area contributed by atoms with E-state index < -0.39 is 10.6 Å². The van der Waals surface area contributed by atoms with E-state index in [0.717, 1.165) is 34.6 Å². The summed E-state index contributed by atoms with van der Waals surface area (Å²) in [6.45, 7) is 3.19. The first-order valence-corrected chi connectivity index (χ1v) is 12.7. The standard InChI is InChI=1S/C27H28N5O3S/c1-3-35-22-13-11-19(12-14-22)24-18-30-27(31-21-8-6-9-23(17-21)36(28)33)32-26(24)29-16-15-20-7-4-5-10-25(20)34-2/h4-14,17-18,28H,3,15-16H2,1-2H3,(H2,29,30,31,32)/q-1. The normalized spacial score (nSPS) is 10.8. The summed E-state index contributed by atoms with van der Waals surface area (Å²) < 4.78 is 30.0. The van der Waals surface area contributed by atoms with Crippen LogP contribution in [0, 0.1) is 4.78 Å². The summed E-state index contributed by atoms with van der Waals surface area (Å²) in [6, 6.07) is 22.6. The minimum atomic E-state index is -1.82. The van der Waals surface area contributed by atoms with Gasteiger partial charge >= 0.3 is 0 Å². The van der Waals surface area contributed by atoms with Crippen LogP contribution in [0.3, 0.4) is 0 Å². The molecule has 0 unspecified atom stereocenters. The molecule has 0 radical (unpaired) electrons. The average molecular weight is 503 g/mol. The summed E-state index contributed by atoms with van der Waals surface area (Å²) in [6.07, 6.45) is 2.51. The van der Waals surface area contributed by atoms with Gasteiger partial charge in [-0.3, -0.25) is 0 Å². The van der Waals surface area contributed by atoms with Crippen LogP contribution in [-0.4, -0.2) is 30.2 Å². The SMILES string of the molecule is CCOc1ccc(-c2cnc(Nc3cccc([S-](=N)=O)c3)nc2NCCc2ccccc2OC)cc1. The van der Waals surface area contributed by atoms with Crippen molar-refractivity contribution in [1.82, 2.24) is 9.97 Å². The van der Waals surface area contributed by atoms with Crippen LogP contribution in [0.5, 0.6) is 11.5 Å². The van der Waals surface area contributed by atoms with Crippen molar-refractivity contribution in [2.24, 2.45) is 0 Å². The van der Waals surface area contributed by atoms with E-state index in [1.807, 2.05) is 61.5 Å². The van der Waals surface area contributed by atoms with Gasteiger partial charge in [0.1, 0.15) is 17.3 Å². The zero-order valence-electron chi connectivity index (χ0n) is 20.2. The first kappa shape index (κ1) is 25.0. The molecule has 9 heteroatoms. The van der Waals surface area contributed by atoms with E-state index in [4.69, 9.17) is 19.2 Å². The number of benzene rings is 3. The van der Waals surface area contributed by atoms with Gasteiger partial charge < -0.3 is 29.1 Å². The zero-order chi connectivity index (χ0) is 25.3. The molecule has 0 atom stereocenters. The van der Waals surface area contributed by atoms with E-state index >= 15 is 0 Å². The molecule has 0 saturated carbocycles. The Kier molecular flexibility index (Phi) is 8.36. The molecule has 8 nitrogen and oxygen atoms in total. The van der Waals surface area contributed by atoms with Gasteiger partial charge in [-0.2, -0.15) is 15.6 Å². The second-order valence-electron chi connectivity index (χ2n) is 7.82. The highest BCUT2D eigenvalue weighted by molar-refractivity contribution is 7.73. The van der Waals surface area contributed by atoms with E-state index in [2.05, 4.69) is 15.6 Å². The Bertz CT molecular complexity index is 1380. The number of ether oxygens (including phenoxy) is 2. The van der Waals surface area contributed by atoms with Crippen LogP contribution >= 0.6 is 0 Å². The van der Waals surface area contributed by atoms with E-state index in [9.17, 15) is 4.21 Å². The molecule has 3 N–H and O–H groups in total. The number of rotatable bonds is 11. The van der Waals surface area contributed by atoms with Gasteiger partial charge in [-0.15, -0.1) is 0 Å². The van der Waals surface area contributed by atoms with Crippen LogP contribution in [0.4, 0.5) is 17.5 Å². The topological polar surface area (TPSA) is 109 Å². The summed E-state index contributed by atoms with van der Waals surface area (Å²) >= 11 is 0. The van der Waals surface area contributed by atoms with Gasteiger partial charge in [-0.25, -0.2) is 4.98 Å². The van der Waals surface area contributed by atoms with Crippen LogP contribution in [0.2, 0.25) is 0 Å². The van der Waals surface area contributed by atoms with Crippen molar-refractivity contribution in [2.45, 2.75) is 18.2 Å². The molecule has 3 aromatic carbocycles. The smallest absolute Gasteiger partial charge is 0.229 e. The molecule has 0 bridgehead atoms. The van der Waals surface area contributed by atoms with Gasteiger partial charge in [-0.1, -0.05) is 53.4 Å². The fourth-order valence-corrected chi connectivity index (χ4v) is 4.16. The monoisotopic (exact) mass is 502 g/mol. The van der Waals surface area contributed by atoms with Crippen molar-refractivity contribution in [3.05, 3.63) is 84.6 Å². The highest BCUT2D eigenvalue weighted by atomic mass is 32.2. The van der Waals surface area contributed by atoms with E-state index in [1.54, 1.807) is 31.5 Å². The van der Waals surface area contributed by atoms with Crippen LogP contribution in [0.25, 0.3) is 11.1 Å². The molecule has 0 saturated heterocycles. The Balaban J connectivity index is 1.60. The van der Waals surface area contributed by atoms with Crippen LogP contribution < -0.4 is 20.1 Å². The number of aromatic nitrogens is 2. The van der Waals surface area contributed by atoms with Crippen LogP contribution in [-0.2, 0) is 21.2 Å². The molecule has 4 rings (SSSR count). The first-order valence-electron chi connectivity index (χ1n) is 11.5. The van der Waals surface area contributed by atoms with Gasteiger partial charge in [-0.05, 0) is 48.7 Å². The molecular weight excluding hydrogens is 474 g/mol. The lowest BCUT2D eigenvalue weighted by Crippen LogP contribution is -2.10. The number of hydrogen-bond donors (Lipinski definition) is 3. The summed E-state index contributed by atoms with van der Waals surface area (Å²) in [5, 5.41) is 6.60. The van der Waals surface area contributed by atoms with Crippen molar-refractivity contribution < 1.29 is 13.7 Å². The highest BCUT2D eigenvalue weighted by Gasteiger charge is 2.11. The van der Waals surface area contributed by atoms with Gasteiger partial charge in [0.2, 0.25) is 5.95 Å². The molecule has 36 heavy (non-hydrogen) atoms. The molecule has 1 aromatic heterocycles. The Morgan fingerprint density at radius 3 is 2.58 bits per heavy atom. The molecule has 4 aromatic rings. The lowest BCUT2D eigenvalue weighted by molar-refractivity contribution is 0.340. The molecule has 0 spiro atoms. The molecule has 0 fully saturated rings. The maximum atomic E-state index is 11.5. The fourth-order valence-electron chi connectivity index (χ4n) is 3.73. The average Bonchev–Trinajstić information content (AvgIpc) is 2.90. The van der Waals surface area contributed by atoms with Crippen LogP contribution in [0.15, 0.2) is 83.9 Å². The second kappa shape index (κ2) is 12.0. The Morgan fingerprint density at radius 2 is 1.83 bits per heavy atom. The third kappa shape index (κ3) is 6.31. The number of nitrogens with one attached hydrogen (secondary N) is 3. The van der Waals surface area contributed by atoms with Crippen LogP contribution in [0.1, 0.15) is 12.5 Å². The van der Waals surface area contributed by atoms with Crippen molar-refractivity contribution in [3.8, 4) is 22.6 Å². The van der Waals surface area contributed by atoms with Gasteiger partial charge in [0.15, 0.2) is 0 Å². The Morgan fingerprint density at radius 1 is 1.03 bits per heavy atom. The van der Waals surface area contributed by atoms with Gasteiger partial charge in [0, 0.05) is 24.0 Å². The minimum absolute atomic E-state index is 0.386. The summed E-state index contributed by atoms with van der Waals surface area (Å²) in [7, 11) is -0.152. The Hall–Kier alpha value is -4.11. The number of methoxy groups -OCH3 is 1. The third-order valence-electron chi connectivity index (χ3n) is 5.45. The van der Waals surface area contributed by atoms with Crippen molar-refractivity contribution >= 4 is 28.0 Å². The maximum Gasteiger partial charge on any atom is 0.229 e. The fraction of sp³-hybridized carbons (Fsp3) is 0.185. The lowest BCUT2D eigenvalue weighted by Gasteiger charge is -2.15. The molecule has 1 heterocycles. The predicted octanol–water partition coefficient (Wildman–Crippen LogP) is 6.03. The molecule has 0 aliphatic carbocycles. The van der Waals surface area contributed by atoms with E-state index in [0.29, 0.717) is 35.5 Å². The zero-order valence-corrected chi connectivity index (χ0v) is 21.0. The Labute approximate surface area is 212 Å². The lowest BCUT2D eigenvalue weighted by atomic mass is 10.1. The number of para-hydroxylation sites is 1. The number of hydrogen-bond acceptors (Lipinski definition) is 9. The van der Waals surface area contributed by atoms with Gasteiger partial charge in [0.05, 0.1) is 13.7 Å². The van der Waals surface area contributed by atoms with Crippen molar-refractivity contribution in [2.75, 3.05) is 30.9 Å². The van der Waals surface area contributed by atoms with E-state index in [-0.39, 0.29) is 0 Å². The third-order valence-corrected chi connectivity index (χ3v) is 6.13. The summed E-state index contributed by atoms with van der Waals surface area (Å²) in [5.74, 6) is 2.71. The highest BCUT2D eigenvalue weighted by Crippen LogP contribution is 2.29. The molecule has 0 amide bonds. The number of anilines is 3. The molecule has 0 aliphatic rings. The molecular formula is C27H28N5O3S-. The summed E-state index contributed by atoms with van der Waals surface area (Å²) in [5.41, 5.74) is 3.56. The molecule has 0 aliphatic heterocycles.